The number of benzene rings is 2. The Morgan fingerprint density at radius 3 is 2.30 bits per heavy atom. The molecule has 3 atom stereocenters. The number of carboxylic acids is 1. The van der Waals surface area contributed by atoms with Crippen molar-refractivity contribution < 1.29 is 27.1 Å². The van der Waals surface area contributed by atoms with Gasteiger partial charge in [-0.15, -0.1) is 0 Å². The van der Waals surface area contributed by atoms with Gasteiger partial charge in [0.05, 0.1) is 10.6 Å². The van der Waals surface area contributed by atoms with Gasteiger partial charge < -0.3 is 10.0 Å². The molecule has 3 aliphatic rings. The minimum atomic E-state index is -3.44. The fourth-order valence-corrected chi connectivity index (χ4v) is 8.21. The molecule has 218 valence electrons. The third kappa shape index (κ3) is 7.09. The Morgan fingerprint density at radius 1 is 0.950 bits per heavy atom. The predicted octanol–water partition coefficient (Wildman–Crippen LogP) is 5.20. The predicted molar refractivity (Wildman–Crippen MR) is 150 cm³/mol. The molecule has 2 aliphatic heterocycles. The second-order valence-electron chi connectivity index (χ2n) is 12.1. The average molecular weight is 575 g/mol. The summed E-state index contributed by atoms with van der Waals surface area (Å²) in [7, 11) is -3.44. The topological polar surface area (TPSA) is 77.9 Å². The van der Waals surface area contributed by atoms with Gasteiger partial charge in [-0.2, -0.15) is 0 Å². The molecule has 9 heteroatoms. The second-order valence-corrected chi connectivity index (χ2v) is 14.2. The molecule has 5 rings (SSSR count). The van der Waals surface area contributed by atoms with Crippen LogP contribution in [0.4, 0.5) is 8.78 Å². The molecule has 2 aromatic rings. The molecule has 3 fully saturated rings. The number of hydrogen-bond donors (Lipinski definition) is 1. The first-order valence-corrected chi connectivity index (χ1v) is 16.3. The van der Waals surface area contributed by atoms with Crippen LogP contribution < -0.4 is 0 Å². The van der Waals surface area contributed by atoms with Crippen molar-refractivity contribution in [2.24, 2.45) is 17.8 Å². The van der Waals surface area contributed by atoms with E-state index in [4.69, 9.17) is 0 Å². The quantitative estimate of drug-likeness (QED) is 0.372. The summed E-state index contributed by atoms with van der Waals surface area (Å²) < 4.78 is 52.7. The van der Waals surface area contributed by atoms with Crippen molar-refractivity contribution >= 4 is 15.8 Å². The van der Waals surface area contributed by atoms with E-state index in [0.29, 0.717) is 37.8 Å². The Balaban J connectivity index is 1.19. The molecule has 2 saturated heterocycles. The number of hydrogen-bond acceptors (Lipinski definition) is 5. The summed E-state index contributed by atoms with van der Waals surface area (Å²) in [6.45, 7) is 3.83. The van der Waals surface area contributed by atoms with Gasteiger partial charge >= 0.3 is 5.97 Å². The van der Waals surface area contributed by atoms with Crippen molar-refractivity contribution in [2.75, 3.05) is 38.5 Å². The molecule has 2 heterocycles. The summed E-state index contributed by atoms with van der Waals surface area (Å²) in [5.74, 6) is -0.369. The van der Waals surface area contributed by atoms with Crippen LogP contribution in [0.1, 0.15) is 56.4 Å². The van der Waals surface area contributed by atoms with Gasteiger partial charge in [0.25, 0.3) is 0 Å². The third-order valence-electron chi connectivity index (χ3n) is 9.42. The largest absolute Gasteiger partial charge is 0.480 e. The van der Waals surface area contributed by atoms with E-state index < -0.39 is 27.7 Å². The molecule has 1 saturated carbocycles. The van der Waals surface area contributed by atoms with Crippen LogP contribution in [-0.2, 0) is 14.6 Å². The number of likely N-dealkylation sites (tertiary alicyclic amines) is 2. The first kappa shape index (κ1) is 29.1. The maximum atomic E-state index is 14.2. The summed E-state index contributed by atoms with van der Waals surface area (Å²) >= 11 is 0. The maximum absolute atomic E-state index is 14.2. The fraction of sp³-hybridized carbons (Fsp3) is 0.581. The number of halogens is 2. The van der Waals surface area contributed by atoms with Gasteiger partial charge in [-0.1, -0.05) is 31.4 Å². The van der Waals surface area contributed by atoms with Gasteiger partial charge in [0.15, 0.2) is 9.84 Å². The van der Waals surface area contributed by atoms with E-state index in [0.717, 1.165) is 50.9 Å². The molecule has 40 heavy (non-hydrogen) atoms. The Labute approximate surface area is 236 Å². The Hall–Kier alpha value is -2.36. The zero-order valence-corrected chi connectivity index (χ0v) is 23.7. The van der Waals surface area contributed by atoms with Gasteiger partial charge in [-0.3, -0.25) is 9.69 Å². The van der Waals surface area contributed by atoms with Crippen LogP contribution in [0.25, 0.3) is 0 Å². The number of sulfone groups is 1. The summed E-state index contributed by atoms with van der Waals surface area (Å²) in [5.41, 5.74) is 0.932. The summed E-state index contributed by atoms with van der Waals surface area (Å²) in [4.78, 5) is 17.0. The molecule has 6 nitrogen and oxygen atoms in total. The molecule has 0 radical (unpaired) electrons. The van der Waals surface area contributed by atoms with Crippen LogP contribution in [0.3, 0.4) is 0 Å². The molecule has 0 unspecified atom stereocenters. The minimum Gasteiger partial charge on any atom is -0.480 e. The molecule has 0 amide bonds. The minimum absolute atomic E-state index is 0.0557. The highest BCUT2D eigenvalue weighted by molar-refractivity contribution is 7.91. The van der Waals surface area contributed by atoms with E-state index >= 15 is 0 Å². The zero-order chi connectivity index (χ0) is 28.3. The van der Waals surface area contributed by atoms with Crippen LogP contribution in [0.15, 0.2) is 53.4 Å². The second kappa shape index (κ2) is 12.7. The standard InChI is InChI=1S/C31H40F2N2O4S/c32-26-7-9-28(10-8-26)40(38,39)16-13-22-11-14-34(15-12-22)19-25-20-35(30(31(36)37)17-23-3-1-4-23)21-29(25)24-5-2-6-27(33)18-24/h2,5-10,18,22-23,25,29-30H,1,3-4,11-17,19-21H2,(H,36,37)/t25-,29+,30+/m0/s1. The summed E-state index contributed by atoms with van der Waals surface area (Å²) in [6, 6.07) is 11.2. The fourth-order valence-electron chi connectivity index (χ4n) is 6.78. The van der Waals surface area contributed by atoms with Crippen molar-refractivity contribution in [2.45, 2.75) is 61.8 Å². The lowest BCUT2D eigenvalue weighted by Crippen LogP contribution is -2.43. The molecule has 0 aromatic heterocycles. The monoisotopic (exact) mass is 574 g/mol. The number of piperidine rings is 1. The molecule has 1 N–H and O–H groups in total. The van der Waals surface area contributed by atoms with Gasteiger partial charge in [0, 0.05) is 25.6 Å². The normalized spacial score (nSPS) is 24.1. The highest BCUT2D eigenvalue weighted by Crippen LogP contribution is 2.38. The SMILES string of the molecule is O=C(O)[C@@H](CC1CCC1)N1C[C@H](CN2CCC(CCS(=O)(=O)c3ccc(F)cc3)CC2)[C@@H](c2cccc(F)c2)C1. The van der Waals surface area contributed by atoms with E-state index in [1.165, 1.54) is 36.8 Å². The van der Waals surface area contributed by atoms with Gasteiger partial charge in [0.1, 0.15) is 17.7 Å². The number of nitrogens with zero attached hydrogens (tertiary/aromatic N) is 2. The van der Waals surface area contributed by atoms with E-state index in [1.807, 2.05) is 6.07 Å². The van der Waals surface area contributed by atoms with Gasteiger partial charge in [-0.05, 0) is 98.5 Å². The molecule has 2 aromatic carbocycles. The van der Waals surface area contributed by atoms with Crippen molar-refractivity contribution in [3.8, 4) is 0 Å². The van der Waals surface area contributed by atoms with Crippen molar-refractivity contribution in [1.82, 2.24) is 9.80 Å². The number of rotatable bonds is 11. The maximum Gasteiger partial charge on any atom is 0.320 e. The van der Waals surface area contributed by atoms with Crippen LogP contribution in [-0.4, -0.2) is 73.8 Å². The number of aliphatic carboxylic acids is 1. The van der Waals surface area contributed by atoms with E-state index in [-0.39, 0.29) is 28.3 Å². The number of carbonyl (C=O) groups is 1. The summed E-state index contributed by atoms with van der Waals surface area (Å²) in [5, 5.41) is 10.1. The molecule has 1 aliphatic carbocycles. The van der Waals surface area contributed by atoms with Crippen molar-refractivity contribution in [3.05, 3.63) is 65.7 Å². The average Bonchev–Trinajstić information content (AvgIpc) is 3.31. The molecular weight excluding hydrogens is 534 g/mol. The summed E-state index contributed by atoms with van der Waals surface area (Å²) in [6.07, 6.45) is 6.46. The van der Waals surface area contributed by atoms with Gasteiger partial charge in [-0.25, -0.2) is 17.2 Å². The lowest BCUT2D eigenvalue weighted by Gasteiger charge is -2.35. The Morgan fingerprint density at radius 2 is 1.68 bits per heavy atom. The first-order valence-electron chi connectivity index (χ1n) is 14.6. The highest BCUT2D eigenvalue weighted by atomic mass is 32.2. The Bertz CT molecular complexity index is 1260. The number of carboxylic acid groups (broad SMARTS) is 1. The highest BCUT2D eigenvalue weighted by Gasteiger charge is 2.41. The van der Waals surface area contributed by atoms with Crippen molar-refractivity contribution in [1.29, 1.82) is 0 Å². The van der Waals surface area contributed by atoms with Crippen LogP contribution >= 0.6 is 0 Å². The van der Waals surface area contributed by atoms with Crippen LogP contribution in [0.5, 0.6) is 0 Å². The van der Waals surface area contributed by atoms with E-state index in [9.17, 15) is 27.1 Å². The smallest absolute Gasteiger partial charge is 0.320 e. The lowest BCUT2D eigenvalue weighted by atomic mass is 9.80. The zero-order valence-electron chi connectivity index (χ0n) is 22.9. The third-order valence-corrected chi connectivity index (χ3v) is 11.2. The van der Waals surface area contributed by atoms with E-state index in [2.05, 4.69) is 9.80 Å². The molecule has 0 bridgehead atoms. The van der Waals surface area contributed by atoms with E-state index in [1.54, 1.807) is 12.1 Å². The lowest BCUT2D eigenvalue weighted by molar-refractivity contribution is -0.144. The van der Waals surface area contributed by atoms with Crippen LogP contribution in [0.2, 0.25) is 0 Å². The first-order chi connectivity index (χ1) is 19.2. The van der Waals surface area contributed by atoms with Crippen LogP contribution in [0, 0.1) is 29.4 Å². The van der Waals surface area contributed by atoms with Crippen molar-refractivity contribution in [3.63, 3.8) is 0 Å². The molecule has 0 spiro atoms. The van der Waals surface area contributed by atoms with Gasteiger partial charge in [0.2, 0.25) is 0 Å². The molecular formula is C31H40F2N2O4S. The Kier molecular flexibility index (Phi) is 9.22.